The predicted octanol–water partition coefficient (Wildman–Crippen LogP) is 7.34. The fourth-order valence-corrected chi connectivity index (χ4v) is 9.28. The molecule has 264 valence electrons. The first-order valence-corrected chi connectivity index (χ1v) is 18.5. The number of carbonyl (C=O) groups excluding carboxylic acids is 1. The number of carbonyl (C=O) groups is 1. The van der Waals surface area contributed by atoms with Crippen LogP contribution in [0.25, 0.3) is 32.9 Å². The SMILES string of the molecule is Cc1nc2c(F)c(-c3cccc(Cl)c3Cl)c(CCC#N)cc2c2c1cc([C@H]1C[C@H](Oc3cnn(C)c3C#N)CN1C(=O)C1CC1)n2[C@H]1[C@H]2CN[C@@H]1C2. The van der Waals surface area contributed by atoms with Gasteiger partial charge in [-0.3, -0.25) is 9.48 Å². The van der Waals surface area contributed by atoms with E-state index < -0.39 is 5.82 Å². The van der Waals surface area contributed by atoms with Crippen LogP contribution in [0.3, 0.4) is 0 Å². The number of rotatable bonds is 8. The largest absolute Gasteiger partial charge is 0.484 e. The normalized spacial score (nSPS) is 23.6. The van der Waals surface area contributed by atoms with Crippen LogP contribution in [0.5, 0.6) is 5.75 Å². The van der Waals surface area contributed by atoms with Gasteiger partial charge in [0.2, 0.25) is 5.91 Å². The number of aryl methyl sites for hydroxylation is 3. The van der Waals surface area contributed by atoms with Crippen molar-refractivity contribution in [2.24, 2.45) is 18.9 Å². The van der Waals surface area contributed by atoms with Gasteiger partial charge in [-0.1, -0.05) is 35.3 Å². The van der Waals surface area contributed by atoms with Crippen molar-refractivity contribution in [1.82, 2.24) is 29.5 Å². The minimum absolute atomic E-state index is 0.00792. The molecule has 5 fully saturated rings. The lowest BCUT2D eigenvalue weighted by Crippen LogP contribution is -2.41. The summed E-state index contributed by atoms with van der Waals surface area (Å²) < 4.78 is 27.5. The van der Waals surface area contributed by atoms with Crippen LogP contribution >= 0.6 is 23.2 Å². The molecule has 0 unspecified atom stereocenters. The Kier molecular flexibility index (Phi) is 7.96. The molecule has 13 heteroatoms. The van der Waals surface area contributed by atoms with Gasteiger partial charge in [-0.2, -0.15) is 15.6 Å². The molecule has 5 atom stereocenters. The standard InChI is InChI=1S/C39H35Cl2FN8O2/c1-19-25-14-30(29-13-23(18-49(29)39(51)20-8-9-20)52-32-17-46-48(2)31(32)15-44)50(37-22-12-28(37)45-16-22)38(25)26-11-21(5-4-10-43)33(35(42)36(26)47-19)24-6-3-7-27(40)34(24)41/h3,6-7,11,14,17,20,22-23,28-29,37,45H,4-5,8-9,12-13,16,18H2,1-2H3/t22-,23+,28-,29-,37+/m1/s1. The Balaban J connectivity index is 1.26. The van der Waals surface area contributed by atoms with E-state index in [1.807, 2.05) is 17.9 Å². The zero-order chi connectivity index (χ0) is 36.0. The fourth-order valence-electron chi connectivity index (χ4n) is 8.88. The molecule has 1 N–H and O–H groups in total. The molecule has 3 aromatic heterocycles. The molecule has 2 bridgehead atoms. The fraction of sp³-hybridized carbons (Fsp3) is 0.410. The first-order chi connectivity index (χ1) is 25.2. The molecular formula is C39H35Cl2FN8O2. The van der Waals surface area contributed by atoms with Crippen molar-refractivity contribution >= 4 is 50.9 Å². The summed E-state index contributed by atoms with van der Waals surface area (Å²) in [7, 11) is 1.70. The Morgan fingerprint density at radius 3 is 2.71 bits per heavy atom. The molecule has 52 heavy (non-hydrogen) atoms. The number of likely N-dealkylation sites (tertiary alicyclic amines) is 1. The number of nitrogens with one attached hydrogen (secondary N) is 1. The number of aromatic nitrogens is 4. The summed E-state index contributed by atoms with van der Waals surface area (Å²) in [6.07, 6.45) is 4.99. The van der Waals surface area contributed by atoms with Crippen molar-refractivity contribution < 1.29 is 13.9 Å². The van der Waals surface area contributed by atoms with Crippen LogP contribution in [-0.2, 0) is 18.3 Å². The van der Waals surface area contributed by atoms with Gasteiger partial charge in [-0.15, -0.1) is 0 Å². The summed E-state index contributed by atoms with van der Waals surface area (Å²) in [6.45, 7) is 3.17. The van der Waals surface area contributed by atoms with Crippen molar-refractivity contribution in [1.29, 1.82) is 10.5 Å². The van der Waals surface area contributed by atoms with E-state index in [9.17, 15) is 15.3 Å². The van der Waals surface area contributed by atoms with Gasteiger partial charge in [-0.05, 0) is 62.3 Å². The first-order valence-electron chi connectivity index (χ1n) is 17.8. The van der Waals surface area contributed by atoms with E-state index >= 15 is 4.39 Å². The molecule has 0 spiro atoms. The van der Waals surface area contributed by atoms with E-state index in [-0.39, 0.29) is 53.0 Å². The molecule has 3 saturated heterocycles. The quantitative estimate of drug-likeness (QED) is 0.177. The van der Waals surface area contributed by atoms with Crippen LogP contribution in [0, 0.1) is 47.2 Å². The number of nitrogens with zero attached hydrogens (tertiary/aromatic N) is 7. The van der Waals surface area contributed by atoms with Crippen LogP contribution in [-0.4, -0.2) is 55.4 Å². The Labute approximate surface area is 309 Å². The number of nitriles is 2. The number of fused-ring (bicyclic) bond motifs is 4. The van der Waals surface area contributed by atoms with E-state index in [0.29, 0.717) is 69.5 Å². The molecule has 0 radical (unpaired) electrons. The topological polar surface area (TPSA) is 125 Å². The third-order valence-electron chi connectivity index (χ3n) is 11.6. The first kappa shape index (κ1) is 33.2. The van der Waals surface area contributed by atoms with Crippen LogP contribution in [0.15, 0.2) is 36.5 Å². The Morgan fingerprint density at radius 1 is 1.17 bits per heavy atom. The van der Waals surface area contributed by atoms with E-state index in [0.717, 1.165) is 42.4 Å². The lowest BCUT2D eigenvalue weighted by Gasteiger charge is -2.39. The summed E-state index contributed by atoms with van der Waals surface area (Å²) in [5.41, 5.74) is 4.49. The third kappa shape index (κ3) is 5.08. The molecule has 2 aliphatic carbocycles. The van der Waals surface area contributed by atoms with E-state index in [1.54, 1.807) is 31.4 Å². The summed E-state index contributed by atoms with van der Waals surface area (Å²) >= 11 is 13.1. The molecule has 3 aliphatic heterocycles. The summed E-state index contributed by atoms with van der Waals surface area (Å²) in [6, 6.07) is 13.7. The minimum atomic E-state index is -0.506. The maximum atomic E-state index is 17.2. The second-order valence-electron chi connectivity index (χ2n) is 14.6. The maximum Gasteiger partial charge on any atom is 0.226 e. The molecule has 1 amide bonds. The monoisotopic (exact) mass is 736 g/mol. The molecule has 2 aromatic carbocycles. The highest BCUT2D eigenvalue weighted by atomic mass is 35.5. The smallest absolute Gasteiger partial charge is 0.226 e. The highest BCUT2D eigenvalue weighted by Crippen LogP contribution is 2.51. The van der Waals surface area contributed by atoms with E-state index in [4.69, 9.17) is 32.9 Å². The molecule has 2 saturated carbocycles. The molecule has 6 heterocycles. The number of ether oxygens (including phenoxy) is 1. The molecular weight excluding hydrogens is 702 g/mol. The second-order valence-corrected chi connectivity index (χ2v) is 15.4. The van der Waals surface area contributed by atoms with Gasteiger partial charge < -0.3 is 19.5 Å². The Bertz CT molecular complexity index is 2390. The van der Waals surface area contributed by atoms with Crippen LogP contribution in [0.2, 0.25) is 10.0 Å². The number of halogens is 3. The van der Waals surface area contributed by atoms with Crippen molar-refractivity contribution in [3.05, 3.63) is 75.0 Å². The average molecular weight is 738 g/mol. The number of hydrogen-bond acceptors (Lipinski definition) is 7. The number of amides is 1. The number of pyridine rings is 1. The number of hydrogen-bond donors (Lipinski definition) is 1. The van der Waals surface area contributed by atoms with Gasteiger partial charge in [0.15, 0.2) is 17.3 Å². The molecule has 5 aromatic rings. The molecule has 5 aliphatic rings. The highest BCUT2D eigenvalue weighted by Gasteiger charge is 2.51. The molecule has 10 nitrogen and oxygen atoms in total. The van der Waals surface area contributed by atoms with Gasteiger partial charge in [0.05, 0.1) is 46.5 Å². The van der Waals surface area contributed by atoms with Gasteiger partial charge >= 0.3 is 0 Å². The van der Waals surface area contributed by atoms with Crippen LogP contribution in [0.1, 0.15) is 66.8 Å². The summed E-state index contributed by atoms with van der Waals surface area (Å²) in [4.78, 5) is 20.9. The van der Waals surface area contributed by atoms with Crippen molar-refractivity contribution in [3.8, 4) is 29.0 Å². The van der Waals surface area contributed by atoms with Gasteiger partial charge in [-0.25, -0.2) is 9.37 Å². The van der Waals surface area contributed by atoms with Crippen molar-refractivity contribution in [2.45, 2.75) is 69.7 Å². The van der Waals surface area contributed by atoms with Crippen molar-refractivity contribution in [3.63, 3.8) is 0 Å². The third-order valence-corrected chi connectivity index (χ3v) is 12.4. The van der Waals surface area contributed by atoms with Gasteiger partial charge in [0.25, 0.3) is 0 Å². The van der Waals surface area contributed by atoms with Gasteiger partial charge in [0.1, 0.15) is 17.7 Å². The Morgan fingerprint density at radius 2 is 2.00 bits per heavy atom. The Hall–Kier alpha value is -4.68. The number of benzene rings is 2. The summed E-state index contributed by atoms with van der Waals surface area (Å²) in [5.74, 6) is 0.379. The zero-order valence-corrected chi connectivity index (χ0v) is 30.2. The summed E-state index contributed by atoms with van der Waals surface area (Å²) in [5, 5.41) is 29.4. The minimum Gasteiger partial charge on any atom is -0.484 e. The zero-order valence-electron chi connectivity index (χ0n) is 28.7. The predicted molar refractivity (Wildman–Crippen MR) is 194 cm³/mol. The van der Waals surface area contributed by atoms with Crippen LogP contribution < -0.4 is 10.1 Å². The average Bonchev–Trinajstić information content (AvgIpc) is 3.51. The lowest BCUT2D eigenvalue weighted by molar-refractivity contribution is -0.133. The van der Waals surface area contributed by atoms with Gasteiger partial charge in [0, 0.05) is 71.7 Å². The van der Waals surface area contributed by atoms with E-state index in [1.165, 1.54) is 4.68 Å². The van der Waals surface area contributed by atoms with E-state index in [2.05, 4.69) is 33.2 Å². The second kappa shape index (κ2) is 12.5. The lowest BCUT2D eigenvalue weighted by atomic mass is 9.79. The van der Waals surface area contributed by atoms with Crippen molar-refractivity contribution in [2.75, 3.05) is 13.1 Å². The molecule has 10 rings (SSSR count). The maximum absolute atomic E-state index is 17.2. The highest BCUT2D eigenvalue weighted by molar-refractivity contribution is 6.43. The van der Waals surface area contributed by atoms with Crippen LogP contribution in [0.4, 0.5) is 4.39 Å².